The monoisotopic (exact) mass is 368 g/mol. The zero-order valence-electron chi connectivity index (χ0n) is 15.7. The lowest BCUT2D eigenvalue weighted by molar-refractivity contribution is -0.123. The third kappa shape index (κ3) is 4.78. The number of anilines is 1. The fourth-order valence-electron chi connectivity index (χ4n) is 3.00. The van der Waals surface area contributed by atoms with Crippen molar-refractivity contribution < 1.29 is 19.1 Å². The summed E-state index contributed by atoms with van der Waals surface area (Å²) in [7, 11) is 1.57. The van der Waals surface area contributed by atoms with E-state index in [4.69, 9.17) is 9.47 Å². The number of carbonyl (C=O) groups excluding carboxylic acids is 2. The molecule has 0 radical (unpaired) electrons. The predicted molar refractivity (Wildman–Crippen MR) is 103 cm³/mol. The van der Waals surface area contributed by atoms with Crippen LogP contribution in [0.3, 0.4) is 0 Å². The van der Waals surface area contributed by atoms with E-state index in [0.717, 1.165) is 29.8 Å². The molecule has 0 aliphatic carbocycles. The van der Waals surface area contributed by atoms with E-state index in [9.17, 15) is 9.59 Å². The number of benzene rings is 2. The zero-order chi connectivity index (χ0) is 19.2. The highest BCUT2D eigenvalue weighted by atomic mass is 16.5. The highest BCUT2D eigenvalue weighted by molar-refractivity contribution is 5.95. The van der Waals surface area contributed by atoms with Crippen molar-refractivity contribution in [3.05, 3.63) is 53.6 Å². The Balaban J connectivity index is 1.48. The van der Waals surface area contributed by atoms with Crippen molar-refractivity contribution in [3.8, 4) is 11.5 Å². The van der Waals surface area contributed by atoms with Gasteiger partial charge in [-0.05, 0) is 48.7 Å². The van der Waals surface area contributed by atoms with Crippen molar-refractivity contribution >= 4 is 17.5 Å². The summed E-state index contributed by atoms with van der Waals surface area (Å²) in [6, 6.07) is 13.2. The number of hydrogen-bond acceptors (Lipinski definition) is 4. The minimum Gasteiger partial charge on any atom is -0.493 e. The summed E-state index contributed by atoms with van der Waals surface area (Å²) in [4.78, 5) is 25.6. The van der Waals surface area contributed by atoms with Crippen LogP contribution in [-0.4, -0.2) is 32.1 Å². The van der Waals surface area contributed by atoms with Crippen LogP contribution in [0.2, 0.25) is 0 Å². The number of methoxy groups -OCH3 is 1. The van der Waals surface area contributed by atoms with Gasteiger partial charge in [0.25, 0.3) is 5.91 Å². The highest BCUT2D eigenvalue weighted by Gasteiger charge is 2.21. The standard InChI is InChI=1S/C21H24N2O4/c1-15-5-10-18(19(12-15)26-2)27-14-20(24)22-13-16-6-8-17(9-7-16)23-11-3-4-21(23)25/h5-10,12H,3-4,11,13-14H2,1-2H3,(H,22,24). The lowest BCUT2D eigenvalue weighted by Gasteiger charge is -2.16. The van der Waals surface area contributed by atoms with E-state index >= 15 is 0 Å². The number of hydrogen-bond donors (Lipinski definition) is 1. The van der Waals surface area contributed by atoms with E-state index < -0.39 is 0 Å². The third-order valence-corrected chi connectivity index (χ3v) is 4.49. The summed E-state index contributed by atoms with van der Waals surface area (Å²) in [5, 5.41) is 2.83. The lowest BCUT2D eigenvalue weighted by atomic mass is 10.2. The van der Waals surface area contributed by atoms with Crippen LogP contribution in [0.1, 0.15) is 24.0 Å². The Morgan fingerprint density at radius 1 is 1.15 bits per heavy atom. The zero-order valence-corrected chi connectivity index (χ0v) is 15.7. The average Bonchev–Trinajstić information content (AvgIpc) is 3.11. The SMILES string of the molecule is COc1cc(C)ccc1OCC(=O)NCc1ccc(N2CCCC2=O)cc1. The maximum absolute atomic E-state index is 12.0. The Labute approximate surface area is 159 Å². The molecule has 1 saturated heterocycles. The van der Waals surface area contributed by atoms with E-state index in [1.807, 2.05) is 43.3 Å². The second-order valence-electron chi connectivity index (χ2n) is 6.54. The summed E-state index contributed by atoms with van der Waals surface area (Å²) >= 11 is 0. The largest absolute Gasteiger partial charge is 0.493 e. The summed E-state index contributed by atoms with van der Waals surface area (Å²) in [6.07, 6.45) is 1.52. The first-order chi connectivity index (χ1) is 13.1. The molecule has 0 saturated carbocycles. The molecule has 27 heavy (non-hydrogen) atoms. The summed E-state index contributed by atoms with van der Waals surface area (Å²) in [6.45, 7) is 3.06. The van der Waals surface area contributed by atoms with Crippen LogP contribution >= 0.6 is 0 Å². The Morgan fingerprint density at radius 3 is 2.59 bits per heavy atom. The van der Waals surface area contributed by atoms with Gasteiger partial charge >= 0.3 is 0 Å². The van der Waals surface area contributed by atoms with E-state index in [-0.39, 0.29) is 18.4 Å². The molecule has 2 aromatic rings. The molecule has 2 aromatic carbocycles. The van der Waals surface area contributed by atoms with Gasteiger partial charge in [0.05, 0.1) is 7.11 Å². The van der Waals surface area contributed by atoms with Crippen molar-refractivity contribution in [1.82, 2.24) is 5.32 Å². The number of carbonyl (C=O) groups is 2. The van der Waals surface area contributed by atoms with Gasteiger partial charge in [0, 0.05) is 25.2 Å². The third-order valence-electron chi connectivity index (χ3n) is 4.49. The molecule has 0 unspecified atom stereocenters. The average molecular weight is 368 g/mol. The van der Waals surface area contributed by atoms with Gasteiger partial charge in [-0.15, -0.1) is 0 Å². The molecule has 1 fully saturated rings. The summed E-state index contributed by atoms with van der Waals surface area (Å²) < 4.78 is 10.8. The molecule has 1 heterocycles. The number of ether oxygens (including phenoxy) is 2. The maximum atomic E-state index is 12.0. The molecule has 0 aromatic heterocycles. The first-order valence-corrected chi connectivity index (χ1v) is 9.00. The van der Waals surface area contributed by atoms with Crippen LogP contribution in [-0.2, 0) is 16.1 Å². The maximum Gasteiger partial charge on any atom is 0.258 e. The summed E-state index contributed by atoms with van der Waals surface area (Å²) in [5.74, 6) is 1.10. The van der Waals surface area contributed by atoms with Gasteiger partial charge in [0.1, 0.15) is 0 Å². The van der Waals surface area contributed by atoms with Crippen LogP contribution in [0.4, 0.5) is 5.69 Å². The minimum atomic E-state index is -0.212. The topological polar surface area (TPSA) is 67.9 Å². The molecule has 0 spiro atoms. The summed E-state index contributed by atoms with van der Waals surface area (Å²) in [5.41, 5.74) is 2.93. The smallest absolute Gasteiger partial charge is 0.258 e. The fourth-order valence-corrected chi connectivity index (χ4v) is 3.00. The van der Waals surface area contributed by atoms with Gasteiger partial charge in [0.15, 0.2) is 18.1 Å². The lowest BCUT2D eigenvalue weighted by Crippen LogP contribution is -2.28. The van der Waals surface area contributed by atoms with Gasteiger partial charge in [-0.2, -0.15) is 0 Å². The number of amides is 2. The van der Waals surface area contributed by atoms with Crippen LogP contribution in [0.15, 0.2) is 42.5 Å². The molecule has 0 atom stereocenters. The normalized spacial score (nSPS) is 13.6. The molecule has 1 N–H and O–H groups in total. The molecule has 142 valence electrons. The molecule has 6 heteroatoms. The highest BCUT2D eigenvalue weighted by Crippen LogP contribution is 2.27. The molecular weight excluding hydrogens is 344 g/mol. The van der Waals surface area contributed by atoms with Crippen LogP contribution < -0.4 is 19.7 Å². The molecule has 3 rings (SSSR count). The quantitative estimate of drug-likeness (QED) is 0.816. The number of rotatable bonds is 7. The second kappa shape index (κ2) is 8.58. The molecular formula is C21H24N2O4. The predicted octanol–water partition coefficient (Wildman–Crippen LogP) is 2.83. The van der Waals surface area contributed by atoms with Gasteiger partial charge in [-0.25, -0.2) is 0 Å². The van der Waals surface area contributed by atoms with Gasteiger partial charge in [0.2, 0.25) is 5.91 Å². The number of aryl methyl sites for hydroxylation is 1. The van der Waals surface area contributed by atoms with E-state index in [1.165, 1.54) is 0 Å². The van der Waals surface area contributed by atoms with Gasteiger partial charge in [-0.1, -0.05) is 18.2 Å². The minimum absolute atomic E-state index is 0.0835. The van der Waals surface area contributed by atoms with Crippen molar-refractivity contribution in [2.75, 3.05) is 25.2 Å². The van der Waals surface area contributed by atoms with E-state index in [1.54, 1.807) is 18.1 Å². The van der Waals surface area contributed by atoms with Crippen LogP contribution in [0, 0.1) is 6.92 Å². The molecule has 0 bridgehead atoms. The molecule has 1 aliphatic heterocycles. The van der Waals surface area contributed by atoms with E-state index in [0.29, 0.717) is 24.5 Å². The van der Waals surface area contributed by atoms with Crippen molar-refractivity contribution in [1.29, 1.82) is 0 Å². The fraction of sp³-hybridized carbons (Fsp3) is 0.333. The second-order valence-corrected chi connectivity index (χ2v) is 6.54. The molecule has 1 aliphatic rings. The van der Waals surface area contributed by atoms with Crippen LogP contribution in [0.25, 0.3) is 0 Å². The molecule has 6 nitrogen and oxygen atoms in total. The number of nitrogens with one attached hydrogen (secondary N) is 1. The van der Waals surface area contributed by atoms with Crippen molar-refractivity contribution in [2.24, 2.45) is 0 Å². The Bertz CT molecular complexity index is 817. The Hall–Kier alpha value is -3.02. The van der Waals surface area contributed by atoms with Gasteiger partial charge in [-0.3, -0.25) is 9.59 Å². The van der Waals surface area contributed by atoms with Crippen LogP contribution in [0.5, 0.6) is 11.5 Å². The molecule has 2 amide bonds. The Morgan fingerprint density at radius 2 is 1.93 bits per heavy atom. The van der Waals surface area contributed by atoms with E-state index in [2.05, 4.69) is 5.32 Å². The first-order valence-electron chi connectivity index (χ1n) is 9.00. The number of nitrogens with zero attached hydrogens (tertiary/aromatic N) is 1. The van der Waals surface area contributed by atoms with Crippen molar-refractivity contribution in [3.63, 3.8) is 0 Å². The van der Waals surface area contributed by atoms with Gasteiger partial charge < -0.3 is 19.7 Å². The Kier molecular flexibility index (Phi) is 5.96. The van der Waals surface area contributed by atoms with Crippen molar-refractivity contribution in [2.45, 2.75) is 26.3 Å². The first kappa shape index (κ1) is 18.8.